The van der Waals surface area contributed by atoms with Crippen LogP contribution < -0.4 is 15.4 Å². The molecule has 3 fully saturated rings. The van der Waals surface area contributed by atoms with E-state index in [4.69, 9.17) is 26.2 Å². The molecule has 55 heavy (non-hydrogen) atoms. The average Bonchev–Trinajstić information content (AvgIpc) is 3.38. The largest absolute Gasteiger partial charge is 0.479 e. The Balaban J connectivity index is 1.05. The lowest BCUT2D eigenvalue weighted by Gasteiger charge is -2.45. The van der Waals surface area contributed by atoms with Gasteiger partial charge in [0.05, 0.1) is 10.6 Å². The number of halogens is 1. The summed E-state index contributed by atoms with van der Waals surface area (Å²) in [5.74, 6) is -3.19. The molecule has 3 heterocycles. The number of likely N-dealkylation sites (tertiary alicyclic amines) is 1. The number of carbonyl (C=O) groups excluding carboxylic acids is 2. The van der Waals surface area contributed by atoms with Crippen LogP contribution in [0.25, 0.3) is 10.4 Å². The summed E-state index contributed by atoms with van der Waals surface area (Å²) >= 11 is 7.38. The predicted molar refractivity (Wildman–Crippen MR) is 208 cm³/mol. The van der Waals surface area contributed by atoms with E-state index in [0.717, 1.165) is 17.0 Å². The van der Waals surface area contributed by atoms with Gasteiger partial charge in [0.25, 0.3) is 0 Å². The smallest absolute Gasteiger partial charge is 0.410 e. The van der Waals surface area contributed by atoms with Gasteiger partial charge in [0, 0.05) is 48.5 Å². The topological polar surface area (TPSA) is 192 Å². The van der Waals surface area contributed by atoms with E-state index in [1.807, 2.05) is 40.7 Å². The molecule has 1 aromatic heterocycles. The standard InChI is InChI=1S/C38H45ClN4O10S2/c1-37(2,3)53-36(49)42-17-26-27(18-42)29(26)34(46)41-23-10-6-8-21(14-23)20-55(50,51)43-13-12-25(16-38(43,4)5)40-24-11-7-9-22(15-24)32-30(39)31(52-19-28(44)45)33(54-32)35(47)48/h6-11,14-15,25-27,29,40H,12-13,16-20H2,1-5H3,(H,41,46)(H,44,45)(H,47,48)/t25-,26-,27+,29?/m0/s1. The molecule has 0 radical (unpaired) electrons. The average molecular weight is 817 g/mol. The molecule has 2 aromatic carbocycles. The first-order chi connectivity index (χ1) is 25.7. The van der Waals surface area contributed by atoms with E-state index in [2.05, 4.69) is 10.6 Å². The van der Waals surface area contributed by atoms with Gasteiger partial charge in [-0.1, -0.05) is 35.9 Å². The number of sulfonamides is 1. The summed E-state index contributed by atoms with van der Waals surface area (Å²) in [6.07, 6.45) is 0.648. The van der Waals surface area contributed by atoms with Gasteiger partial charge >= 0.3 is 18.0 Å². The van der Waals surface area contributed by atoms with Gasteiger partial charge in [-0.25, -0.2) is 22.8 Å². The molecule has 3 aliphatic rings. The summed E-state index contributed by atoms with van der Waals surface area (Å²) < 4.78 is 39.9. The Morgan fingerprint density at radius 2 is 1.69 bits per heavy atom. The van der Waals surface area contributed by atoms with Crippen LogP contribution in [0.3, 0.4) is 0 Å². The molecule has 0 bridgehead atoms. The van der Waals surface area contributed by atoms with Gasteiger partial charge in [0.2, 0.25) is 15.9 Å². The quantitative estimate of drug-likeness (QED) is 0.157. The number of piperidine rings is 2. The number of nitrogens with zero attached hydrogens (tertiary/aromatic N) is 2. The summed E-state index contributed by atoms with van der Waals surface area (Å²) in [5, 5.41) is 25.1. The fourth-order valence-corrected chi connectivity index (χ4v) is 11.0. The van der Waals surface area contributed by atoms with Crippen molar-refractivity contribution in [2.24, 2.45) is 17.8 Å². The Morgan fingerprint density at radius 1 is 1.02 bits per heavy atom. The molecular weight excluding hydrogens is 772 g/mol. The second kappa shape index (κ2) is 15.3. The van der Waals surface area contributed by atoms with Gasteiger partial charge < -0.3 is 35.2 Å². The zero-order valence-corrected chi connectivity index (χ0v) is 33.5. The lowest BCUT2D eigenvalue weighted by atomic mass is 9.89. The molecule has 4 N–H and O–H groups in total. The highest BCUT2D eigenvalue weighted by Crippen LogP contribution is 2.52. The van der Waals surface area contributed by atoms with E-state index < -0.39 is 39.7 Å². The van der Waals surface area contributed by atoms with Gasteiger partial charge in [-0.05, 0) is 94.7 Å². The summed E-state index contributed by atoms with van der Waals surface area (Å²) in [5.41, 5.74) is 1.07. The van der Waals surface area contributed by atoms with Gasteiger partial charge in [-0.15, -0.1) is 11.3 Å². The van der Waals surface area contributed by atoms with Crippen LogP contribution in [0.1, 0.15) is 62.7 Å². The van der Waals surface area contributed by atoms with E-state index in [1.165, 1.54) is 0 Å². The number of benzene rings is 2. The molecule has 1 saturated carbocycles. The number of carboxylic acids is 2. The van der Waals surface area contributed by atoms with Crippen LogP contribution in [0.4, 0.5) is 16.2 Å². The maximum absolute atomic E-state index is 13.9. The van der Waals surface area contributed by atoms with Gasteiger partial charge in [-0.2, -0.15) is 4.31 Å². The molecule has 17 heteroatoms. The Labute approximate surface area is 328 Å². The van der Waals surface area contributed by atoms with Crippen molar-refractivity contribution >= 4 is 68.3 Å². The molecule has 3 aromatic rings. The number of carboxylic acid groups (broad SMARTS) is 2. The van der Waals surface area contributed by atoms with Crippen LogP contribution in [0.5, 0.6) is 5.75 Å². The SMILES string of the molecule is CC(C)(C)OC(=O)N1C[C@@H]2C(C(=O)Nc3cccc(CS(=O)(=O)N4CC[C@H](Nc5cccc(-c6sc(C(=O)O)c(OCC(=O)O)c6Cl)c5)CC4(C)C)c3)[C@@H]2C1. The minimum Gasteiger partial charge on any atom is -0.479 e. The summed E-state index contributed by atoms with van der Waals surface area (Å²) in [7, 11) is -3.76. The van der Waals surface area contributed by atoms with E-state index in [-0.39, 0.29) is 63.7 Å². The Kier molecular flexibility index (Phi) is 11.2. The normalized spacial score (nSPS) is 22.0. The second-order valence-electron chi connectivity index (χ2n) is 15.9. The first kappa shape index (κ1) is 40.3. The number of carbonyl (C=O) groups is 4. The number of rotatable bonds is 12. The molecular formula is C38H45ClN4O10S2. The minimum atomic E-state index is -3.76. The van der Waals surface area contributed by atoms with Crippen LogP contribution in [0, 0.1) is 17.8 Å². The third-order valence-electron chi connectivity index (χ3n) is 9.97. The van der Waals surface area contributed by atoms with Crippen molar-refractivity contribution in [1.82, 2.24) is 9.21 Å². The number of aromatic carboxylic acids is 1. The zero-order valence-electron chi connectivity index (χ0n) is 31.1. The first-order valence-electron chi connectivity index (χ1n) is 17.9. The molecule has 296 valence electrons. The molecule has 2 amide bonds. The van der Waals surface area contributed by atoms with Crippen LogP contribution in [0.2, 0.25) is 5.02 Å². The highest BCUT2D eigenvalue weighted by Gasteiger charge is 2.60. The van der Waals surface area contributed by atoms with Crippen molar-refractivity contribution in [3.63, 3.8) is 0 Å². The predicted octanol–water partition coefficient (Wildman–Crippen LogP) is 6.47. The number of thiophene rings is 1. The molecule has 2 aliphatic heterocycles. The van der Waals surface area contributed by atoms with E-state index in [0.29, 0.717) is 47.6 Å². The zero-order chi connectivity index (χ0) is 40.0. The fourth-order valence-electron chi connectivity index (χ4n) is 7.64. The lowest BCUT2D eigenvalue weighted by Crippen LogP contribution is -2.55. The monoisotopic (exact) mass is 816 g/mol. The molecule has 14 nitrogen and oxygen atoms in total. The van der Waals surface area contributed by atoms with Crippen LogP contribution in [-0.2, 0) is 30.1 Å². The summed E-state index contributed by atoms with van der Waals surface area (Å²) in [6.45, 7) is 9.70. The molecule has 1 aliphatic carbocycles. The molecule has 2 saturated heterocycles. The number of amides is 2. The number of anilines is 2. The van der Waals surface area contributed by atoms with Gasteiger partial charge in [0.15, 0.2) is 17.2 Å². The highest BCUT2D eigenvalue weighted by molar-refractivity contribution is 7.88. The maximum atomic E-state index is 13.9. The third kappa shape index (κ3) is 9.20. The Morgan fingerprint density at radius 3 is 2.33 bits per heavy atom. The van der Waals surface area contributed by atoms with Crippen molar-refractivity contribution in [3.8, 4) is 16.2 Å². The molecule has 4 atom stereocenters. The maximum Gasteiger partial charge on any atom is 0.410 e. The number of hydrogen-bond donors (Lipinski definition) is 4. The summed E-state index contributed by atoms with van der Waals surface area (Å²) in [6, 6.07) is 14.0. The number of ether oxygens (including phenoxy) is 2. The number of aliphatic carboxylic acids is 1. The van der Waals surface area contributed by atoms with Crippen molar-refractivity contribution in [2.75, 3.05) is 36.9 Å². The van der Waals surface area contributed by atoms with E-state index >= 15 is 0 Å². The van der Waals surface area contributed by atoms with Crippen LogP contribution in [0.15, 0.2) is 48.5 Å². The van der Waals surface area contributed by atoms with Crippen molar-refractivity contribution in [3.05, 3.63) is 64.0 Å². The van der Waals surface area contributed by atoms with Crippen LogP contribution >= 0.6 is 22.9 Å². The van der Waals surface area contributed by atoms with Gasteiger partial charge in [0.1, 0.15) is 10.6 Å². The number of hydrogen-bond acceptors (Lipinski definition) is 10. The van der Waals surface area contributed by atoms with Gasteiger partial charge in [-0.3, -0.25) is 4.79 Å². The van der Waals surface area contributed by atoms with Crippen molar-refractivity contribution in [1.29, 1.82) is 0 Å². The highest BCUT2D eigenvalue weighted by atomic mass is 35.5. The summed E-state index contributed by atoms with van der Waals surface area (Å²) in [4.78, 5) is 50.3. The third-order valence-corrected chi connectivity index (χ3v) is 13.7. The second-order valence-corrected chi connectivity index (χ2v) is 19.2. The molecule has 0 spiro atoms. The molecule has 6 rings (SSSR count). The van der Waals surface area contributed by atoms with E-state index in [1.54, 1.807) is 51.7 Å². The van der Waals surface area contributed by atoms with E-state index in [9.17, 15) is 32.7 Å². The Bertz CT molecular complexity index is 2100. The number of fused-ring (bicyclic) bond motifs is 1. The first-order valence-corrected chi connectivity index (χ1v) is 20.7. The van der Waals surface area contributed by atoms with Crippen LogP contribution in [-0.4, -0.2) is 95.2 Å². The molecule has 1 unspecified atom stereocenters. The minimum absolute atomic E-state index is 0.00628. The van der Waals surface area contributed by atoms with Crippen molar-refractivity contribution < 1.29 is 47.3 Å². The van der Waals surface area contributed by atoms with Crippen molar-refractivity contribution in [2.45, 2.75) is 70.4 Å². The Hall–Kier alpha value is -4.38. The lowest BCUT2D eigenvalue weighted by molar-refractivity contribution is -0.139. The number of nitrogens with one attached hydrogen (secondary N) is 2. The fraction of sp³-hybridized carbons (Fsp3) is 0.474.